The molecule has 1 aromatic rings. The van der Waals surface area contributed by atoms with Crippen molar-refractivity contribution in [1.82, 2.24) is 4.90 Å². The fourth-order valence-corrected chi connectivity index (χ4v) is 3.36. The van der Waals surface area contributed by atoms with Gasteiger partial charge in [0.25, 0.3) is 0 Å². The lowest BCUT2D eigenvalue weighted by molar-refractivity contribution is -0.135. The maximum Gasteiger partial charge on any atom is 0.123 e. The van der Waals surface area contributed by atoms with E-state index < -0.39 is 0 Å². The van der Waals surface area contributed by atoms with Gasteiger partial charge in [-0.25, -0.2) is 4.39 Å². The van der Waals surface area contributed by atoms with Crippen molar-refractivity contribution in [2.45, 2.75) is 38.1 Å². The van der Waals surface area contributed by atoms with E-state index in [9.17, 15) is 4.39 Å². The minimum Gasteiger partial charge on any atom is -0.488 e. The van der Waals surface area contributed by atoms with Gasteiger partial charge in [0, 0.05) is 38.2 Å². The van der Waals surface area contributed by atoms with Crippen molar-refractivity contribution in [3.63, 3.8) is 0 Å². The largest absolute Gasteiger partial charge is 0.488 e. The van der Waals surface area contributed by atoms with E-state index in [1.165, 1.54) is 6.07 Å². The summed E-state index contributed by atoms with van der Waals surface area (Å²) in [6.07, 6.45) is 0.905. The van der Waals surface area contributed by atoms with Gasteiger partial charge in [0.1, 0.15) is 17.7 Å². The number of benzene rings is 1. The van der Waals surface area contributed by atoms with Crippen molar-refractivity contribution >= 4 is 0 Å². The molecular formula is C16H23FN2O2. The van der Waals surface area contributed by atoms with Gasteiger partial charge in [-0.2, -0.15) is 0 Å². The molecule has 1 saturated heterocycles. The lowest BCUT2D eigenvalue weighted by atomic mass is 10.0. The standard InChI is InChI=1S/C16H23FN2O2/c1-16(2)10-19(9-14(7-18)21-16)8-13-6-11-5-12(17)3-4-15(11)20-13/h3-5,13-14H,6-10,18H2,1-2H3. The van der Waals surface area contributed by atoms with Crippen molar-refractivity contribution in [1.29, 1.82) is 0 Å². The molecule has 5 heteroatoms. The van der Waals surface area contributed by atoms with Gasteiger partial charge in [0.15, 0.2) is 0 Å². The summed E-state index contributed by atoms with van der Waals surface area (Å²) >= 11 is 0. The SMILES string of the molecule is CC1(C)CN(CC2Cc3cc(F)ccc3O2)CC(CN)O1. The van der Waals surface area contributed by atoms with Crippen LogP contribution in [-0.4, -0.2) is 48.9 Å². The minimum atomic E-state index is -0.200. The lowest BCUT2D eigenvalue weighted by Crippen LogP contribution is -2.56. The monoisotopic (exact) mass is 294 g/mol. The van der Waals surface area contributed by atoms with Gasteiger partial charge in [0.2, 0.25) is 0 Å². The second-order valence-corrected chi connectivity index (χ2v) is 6.63. The molecule has 1 aromatic carbocycles. The van der Waals surface area contributed by atoms with Gasteiger partial charge in [0.05, 0.1) is 11.7 Å². The maximum atomic E-state index is 13.2. The summed E-state index contributed by atoms with van der Waals surface area (Å²) in [6, 6.07) is 4.74. The first-order valence-electron chi connectivity index (χ1n) is 7.50. The van der Waals surface area contributed by atoms with Crippen LogP contribution in [0.1, 0.15) is 19.4 Å². The van der Waals surface area contributed by atoms with Crippen molar-refractivity contribution in [2.24, 2.45) is 5.73 Å². The number of halogens is 1. The molecule has 2 N–H and O–H groups in total. The van der Waals surface area contributed by atoms with Crippen LogP contribution >= 0.6 is 0 Å². The third-order valence-electron chi connectivity index (χ3n) is 4.04. The van der Waals surface area contributed by atoms with Gasteiger partial charge in [-0.1, -0.05) is 0 Å². The van der Waals surface area contributed by atoms with Crippen molar-refractivity contribution in [3.05, 3.63) is 29.6 Å². The molecule has 0 bridgehead atoms. The summed E-state index contributed by atoms with van der Waals surface area (Å²) in [7, 11) is 0. The molecular weight excluding hydrogens is 271 g/mol. The summed E-state index contributed by atoms with van der Waals surface area (Å²) in [5.74, 6) is 0.609. The predicted octanol–water partition coefficient (Wildman–Crippen LogP) is 1.57. The van der Waals surface area contributed by atoms with Crippen LogP contribution in [0.5, 0.6) is 5.75 Å². The molecule has 0 spiro atoms. The first kappa shape index (κ1) is 14.8. The highest BCUT2D eigenvalue weighted by Crippen LogP contribution is 2.30. The van der Waals surface area contributed by atoms with Crippen LogP contribution < -0.4 is 10.5 Å². The van der Waals surface area contributed by atoms with Gasteiger partial charge in [-0.3, -0.25) is 4.90 Å². The Bertz CT molecular complexity index is 521. The van der Waals surface area contributed by atoms with E-state index >= 15 is 0 Å². The van der Waals surface area contributed by atoms with Gasteiger partial charge in [-0.05, 0) is 32.0 Å². The van der Waals surface area contributed by atoms with Crippen LogP contribution in [0.25, 0.3) is 0 Å². The van der Waals surface area contributed by atoms with Crippen LogP contribution in [0.4, 0.5) is 4.39 Å². The quantitative estimate of drug-likeness (QED) is 0.919. The molecule has 0 aliphatic carbocycles. The molecule has 0 amide bonds. The topological polar surface area (TPSA) is 47.7 Å². The highest BCUT2D eigenvalue weighted by atomic mass is 19.1. The number of rotatable bonds is 3. The zero-order valence-electron chi connectivity index (χ0n) is 12.6. The fraction of sp³-hybridized carbons (Fsp3) is 0.625. The molecule has 2 aliphatic heterocycles. The van der Waals surface area contributed by atoms with Crippen LogP contribution in [0, 0.1) is 5.82 Å². The highest BCUT2D eigenvalue weighted by Gasteiger charge is 2.35. The van der Waals surface area contributed by atoms with Gasteiger partial charge >= 0.3 is 0 Å². The maximum absolute atomic E-state index is 13.2. The first-order chi connectivity index (χ1) is 9.95. The molecule has 1 fully saturated rings. The lowest BCUT2D eigenvalue weighted by Gasteiger charge is -2.43. The summed E-state index contributed by atoms with van der Waals surface area (Å²) in [5, 5.41) is 0. The second kappa shape index (κ2) is 5.55. The van der Waals surface area contributed by atoms with E-state index in [-0.39, 0.29) is 23.6 Å². The molecule has 4 nitrogen and oxygen atoms in total. The van der Waals surface area contributed by atoms with E-state index in [1.54, 1.807) is 12.1 Å². The number of ether oxygens (including phenoxy) is 2. The average molecular weight is 294 g/mol. The third-order valence-corrected chi connectivity index (χ3v) is 4.04. The number of fused-ring (bicyclic) bond motifs is 1. The summed E-state index contributed by atoms with van der Waals surface area (Å²) in [4.78, 5) is 2.34. The van der Waals surface area contributed by atoms with Crippen LogP contribution in [0.3, 0.4) is 0 Å². The molecule has 0 radical (unpaired) electrons. The zero-order valence-corrected chi connectivity index (χ0v) is 12.6. The first-order valence-corrected chi connectivity index (χ1v) is 7.50. The molecule has 0 aromatic heterocycles. The second-order valence-electron chi connectivity index (χ2n) is 6.63. The Morgan fingerprint density at radius 3 is 2.95 bits per heavy atom. The van der Waals surface area contributed by atoms with Gasteiger partial charge in [-0.15, -0.1) is 0 Å². The Morgan fingerprint density at radius 2 is 2.19 bits per heavy atom. The molecule has 116 valence electrons. The van der Waals surface area contributed by atoms with E-state index in [0.29, 0.717) is 6.54 Å². The summed E-state index contributed by atoms with van der Waals surface area (Å²) < 4.78 is 25.1. The Labute approximate surface area is 125 Å². The van der Waals surface area contributed by atoms with Gasteiger partial charge < -0.3 is 15.2 Å². The van der Waals surface area contributed by atoms with Crippen LogP contribution in [-0.2, 0) is 11.2 Å². The highest BCUT2D eigenvalue weighted by molar-refractivity contribution is 5.37. The number of nitrogens with two attached hydrogens (primary N) is 1. The Kier molecular flexibility index (Phi) is 3.90. The predicted molar refractivity (Wildman–Crippen MR) is 79.0 cm³/mol. The van der Waals surface area contributed by atoms with Crippen molar-refractivity contribution in [3.8, 4) is 5.75 Å². The number of morpholine rings is 1. The van der Waals surface area contributed by atoms with Crippen LogP contribution in [0.2, 0.25) is 0 Å². The fourth-order valence-electron chi connectivity index (χ4n) is 3.36. The number of hydrogen-bond donors (Lipinski definition) is 1. The third kappa shape index (κ3) is 3.36. The Balaban J connectivity index is 1.63. The average Bonchev–Trinajstić information content (AvgIpc) is 2.77. The zero-order chi connectivity index (χ0) is 15.0. The minimum absolute atomic E-state index is 0.0648. The molecule has 3 rings (SSSR count). The normalized spacial score (nSPS) is 28.2. The van der Waals surface area contributed by atoms with E-state index in [4.69, 9.17) is 15.2 Å². The Morgan fingerprint density at radius 1 is 1.38 bits per heavy atom. The smallest absolute Gasteiger partial charge is 0.123 e. The molecule has 2 unspecified atom stereocenters. The van der Waals surface area contributed by atoms with Crippen molar-refractivity contribution in [2.75, 3.05) is 26.2 Å². The molecule has 2 atom stereocenters. The molecule has 2 heterocycles. The molecule has 21 heavy (non-hydrogen) atoms. The number of hydrogen-bond acceptors (Lipinski definition) is 4. The number of nitrogens with zero attached hydrogens (tertiary/aromatic N) is 1. The molecule has 0 saturated carbocycles. The van der Waals surface area contributed by atoms with Crippen molar-refractivity contribution < 1.29 is 13.9 Å². The van der Waals surface area contributed by atoms with E-state index in [2.05, 4.69) is 18.7 Å². The van der Waals surface area contributed by atoms with E-state index in [1.807, 2.05) is 0 Å². The Hall–Kier alpha value is -1.17. The molecule has 2 aliphatic rings. The van der Waals surface area contributed by atoms with E-state index in [0.717, 1.165) is 37.4 Å². The summed E-state index contributed by atoms with van der Waals surface area (Å²) in [6.45, 7) is 7.19. The van der Waals surface area contributed by atoms with Crippen LogP contribution in [0.15, 0.2) is 18.2 Å². The summed E-state index contributed by atoms with van der Waals surface area (Å²) in [5.41, 5.74) is 6.52.